The molecule has 16 heavy (non-hydrogen) atoms. The van der Waals surface area contributed by atoms with Crippen molar-refractivity contribution in [2.24, 2.45) is 0 Å². The normalized spacial score (nSPS) is 28.1. The van der Waals surface area contributed by atoms with Gasteiger partial charge in [-0.1, -0.05) is 19.3 Å². The van der Waals surface area contributed by atoms with Gasteiger partial charge in [0, 0.05) is 26.6 Å². The monoisotopic (exact) mass is 225 g/mol. The molecule has 1 amide bonds. The standard InChI is InChI=1S/C12H21N2O2/c1-10(15)14-7-5-11(6-8-14)13-12-4-2-3-9-16-12/h11-12H,2-9H2,1H3/q-1. The summed E-state index contributed by atoms with van der Waals surface area (Å²) in [5.41, 5.74) is 0. The van der Waals surface area contributed by atoms with Gasteiger partial charge in [-0.25, -0.2) is 0 Å². The number of hydrogen-bond donors (Lipinski definition) is 0. The molecule has 2 heterocycles. The van der Waals surface area contributed by atoms with Gasteiger partial charge in [0.15, 0.2) is 0 Å². The van der Waals surface area contributed by atoms with E-state index in [2.05, 4.69) is 0 Å². The van der Waals surface area contributed by atoms with Gasteiger partial charge in [-0.15, -0.1) is 6.04 Å². The lowest BCUT2D eigenvalue weighted by molar-refractivity contribution is -0.129. The summed E-state index contributed by atoms with van der Waals surface area (Å²) in [5, 5.41) is 4.73. The number of rotatable bonds is 2. The molecule has 0 aromatic rings. The van der Waals surface area contributed by atoms with Crippen molar-refractivity contribution >= 4 is 5.91 Å². The van der Waals surface area contributed by atoms with Crippen molar-refractivity contribution in [3.05, 3.63) is 5.32 Å². The smallest absolute Gasteiger partial charge is 0.219 e. The van der Waals surface area contributed by atoms with E-state index in [-0.39, 0.29) is 12.1 Å². The Labute approximate surface area is 97.3 Å². The summed E-state index contributed by atoms with van der Waals surface area (Å²) in [6.45, 7) is 4.22. The largest absolute Gasteiger partial charge is 0.634 e. The first-order chi connectivity index (χ1) is 7.75. The lowest BCUT2D eigenvalue weighted by Crippen LogP contribution is -2.39. The van der Waals surface area contributed by atoms with Crippen LogP contribution in [-0.2, 0) is 9.53 Å². The molecular weight excluding hydrogens is 204 g/mol. The van der Waals surface area contributed by atoms with Gasteiger partial charge >= 0.3 is 0 Å². The fourth-order valence-electron chi connectivity index (χ4n) is 2.41. The molecule has 92 valence electrons. The van der Waals surface area contributed by atoms with Crippen LogP contribution in [0.2, 0.25) is 0 Å². The Balaban J connectivity index is 1.70. The highest BCUT2D eigenvalue weighted by molar-refractivity contribution is 5.73. The Morgan fingerprint density at radius 1 is 1.25 bits per heavy atom. The van der Waals surface area contributed by atoms with Gasteiger partial charge in [0.1, 0.15) is 0 Å². The summed E-state index contributed by atoms with van der Waals surface area (Å²) in [4.78, 5) is 13.1. The number of carbonyl (C=O) groups is 1. The Hall–Kier alpha value is -0.610. The van der Waals surface area contributed by atoms with Crippen molar-refractivity contribution in [2.75, 3.05) is 19.7 Å². The zero-order chi connectivity index (χ0) is 11.4. The van der Waals surface area contributed by atoms with Gasteiger partial charge in [0.2, 0.25) is 5.91 Å². The van der Waals surface area contributed by atoms with Crippen LogP contribution in [0.4, 0.5) is 0 Å². The average Bonchev–Trinajstić information content (AvgIpc) is 2.31. The fraction of sp³-hybridized carbons (Fsp3) is 0.917. The van der Waals surface area contributed by atoms with Gasteiger partial charge < -0.3 is 15.0 Å². The lowest BCUT2D eigenvalue weighted by atomic mass is 10.0. The van der Waals surface area contributed by atoms with Crippen molar-refractivity contribution in [3.8, 4) is 0 Å². The van der Waals surface area contributed by atoms with E-state index in [1.807, 2.05) is 4.90 Å². The van der Waals surface area contributed by atoms with Crippen molar-refractivity contribution < 1.29 is 9.53 Å². The quantitative estimate of drug-likeness (QED) is 0.720. The molecule has 0 saturated carbocycles. The van der Waals surface area contributed by atoms with Crippen molar-refractivity contribution in [1.82, 2.24) is 4.90 Å². The van der Waals surface area contributed by atoms with E-state index in [9.17, 15) is 4.79 Å². The molecule has 2 saturated heterocycles. The maximum atomic E-state index is 11.2. The maximum Gasteiger partial charge on any atom is 0.219 e. The molecule has 0 aliphatic carbocycles. The van der Waals surface area contributed by atoms with Gasteiger partial charge in [-0.05, 0) is 19.1 Å². The molecular formula is C12H21N2O2-. The summed E-state index contributed by atoms with van der Waals surface area (Å²) in [6, 6.07) is 0.402. The Morgan fingerprint density at radius 2 is 2.00 bits per heavy atom. The molecule has 0 radical (unpaired) electrons. The van der Waals surface area contributed by atoms with Crippen molar-refractivity contribution in [3.63, 3.8) is 0 Å². The second-order valence-corrected chi connectivity index (χ2v) is 4.71. The molecule has 0 N–H and O–H groups in total. The summed E-state index contributed by atoms with van der Waals surface area (Å²) in [7, 11) is 0. The van der Waals surface area contributed by atoms with E-state index in [0.717, 1.165) is 39.0 Å². The van der Waals surface area contributed by atoms with E-state index >= 15 is 0 Å². The van der Waals surface area contributed by atoms with Crippen LogP contribution in [0, 0.1) is 0 Å². The summed E-state index contributed by atoms with van der Waals surface area (Å²) >= 11 is 0. The third-order valence-corrected chi connectivity index (χ3v) is 3.44. The number of amides is 1. The SMILES string of the molecule is CC(=O)N1CCC([N-]C2CCCCO2)CC1. The van der Waals surface area contributed by atoms with E-state index in [1.165, 1.54) is 12.8 Å². The Bertz CT molecular complexity index is 231. The molecule has 1 atom stereocenters. The topological polar surface area (TPSA) is 43.6 Å². The molecule has 1 unspecified atom stereocenters. The van der Waals surface area contributed by atoms with Crippen LogP contribution in [0.5, 0.6) is 0 Å². The third kappa shape index (κ3) is 3.19. The highest BCUT2D eigenvalue weighted by Gasteiger charge is 2.17. The van der Waals surface area contributed by atoms with E-state index in [0.29, 0.717) is 6.04 Å². The van der Waals surface area contributed by atoms with Gasteiger partial charge in [0.05, 0.1) is 0 Å². The van der Waals surface area contributed by atoms with Gasteiger partial charge in [-0.2, -0.15) is 0 Å². The predicted molar refractivity (Wildman–Crippen MR) is 62.2 cm³/mol. The zero-order valence-electron chi connectivity index (χ0n) is 10.0. The maximum absolute atomic E-state index is 11.2. The number of nitrogens with zero attached hydrogens (tertiary/aromatic N) is 2. The van der Waals surface area contributed by atoms with Crippen LogP contribution in [0.15, 0.2) is 0 Å². The highest BCUT2D eigenvalue weighted by atomic mass is 16.5. The number of piperidine rings is 1. The highest BCUT2D eigenvalue weighted by Crippen LogP contribution is 2.25. The van der Waals surface area contributed by atoms with E-state index in [4.69, 9.17) is 10.1 Å². The summed E-state index contributed by atoms with van der Waals surface area (Å²) in [5.74, 6) is 0.187. The zero-order valence-corrected chi connectivity index (χ0v) is 10.0. The first kappa shape index (κ1) is 11.9. The number of likely N-dealkylation sites (tertiary alicyclic amines) is 1. The minimum atomic E-state index is 0.127. The number of carbonyl (C=O) groups excluding carboxylic acids is 1. The van der Waals surface area contributed by atoms with Gasteiger partial charge in [0.25, 0.3) is 0 Å². The minimum Gasteiger partial charge on any atom is -0.634 e. The van der Waals surface area contributed by atoms with Crippen LogP contribution < -0.4 is 0 Å². The first-order valence-corrected chi connectivity index (χ1v) is 6.33. The van der Waals surface area contributed by atoms with Crippen LogP contribution in [-0.4, -0.2) is 42.8 Å². The van der Waals surface area contributed by atoms with Crippen LogP contribution in [0.25, 0.3) is 5.32 Å². The van der Waals surface area contributed by atoms with Crippen LogP contribution >= 0.6 is 0 Å². The molecule has 4 heteroatoms. The lowest BCUT2D eigenvalue weighted by Gasteiger charge is -2.45. The average molecular weight is 225 g/mol. The Kier molecular flexibility index (Phi) is 4.18. The number of ether oxygens (including phenoxy) is 1. The second kappa shape index (κ2) is 5.64. The van der Waals surface area contributed by atoms with Crippen LogP contribution in [0.1, 0.15) is 39.0 Å². The molecule has 0 aromatic carbocycles. The van der Waals surface area contributed by atoms with Crippen LogP contribution in [0.3, 0.4) is 0 Å². The van der Waals surface area contributed by atoms with E-state index < -0.39 is 0 Å². The summed E-state index contributed by atoms with van der Waals surface area (Å²) in [6.07, 6.45) is 5.61. The minimum absolute atomic E-state index is 0.127. The molecule has 2 fully saturated rings. The van der Waals surface area contributed by atoms with Crippen molar-refractivity contribution in [2.45, 2.75) is 51.3 Å². The predicted octanol–water partition coefficient (Wildman–Crippen LogP) is 1.90. The summed E-state index contributed by atoms with van der Waals surface area (Å²) < 4.78 is 5.61. The molecule has 0 bridgehead atoms. The molecule has 2 aliphatic heterocycles. The van der Waals surface area contributed by atoms with Crippen molar-refractivity contribution in [1.29, 1.82) is 0 Å². The first-order valence-electron chi connectivity index (χ1n) is 6.33. The molecule has 0 spiro atoms. The molecule has 0 aromatic heterocycles. The number of hydrogen-bond acceptors (Lipinski definition) is 2. The Morgan fingerprint density at radius 3 is 2.56 bits per heavy atom. The second-order valence-electron chi connectivity index (χ2n) is 4.71. The molecule has 4 nitrogen and oxygen atoms in total. The molecule has 2 rings (SSSR count). The third-order valence-electron chi connectivity index (χ3n) is 3.44. The van der Waals surface area contributed by atoms with Gasteiger partial charge in [-0.3, -0.25) is 4.79 Å². The fourth-order valence-corrected chi connectivity index (χ4v) is 2.41. The molecule has 2 aliphatic rings. The van der Waals surface area contributed by atoms with E-state index in [1.54, 1.807) is 6.92 Å².